The maximum atomic E-state index is 12.4. The van der Waals surface area contributed by atoms with Gasteiger partial charge in [-0.1, -0.05) is 13.0 Å². The van der Waals surface area contributed by atoms with E-state index in [4.69, 9.17) is 0 Å². The largest absolute Gasteiger partial charge is 0.339 e. The summed E-state index contributed by atoms with van der Waals surface area (Å²) < 4.78 is 0. The Balaban J connectivity index is 1.97. The highest BCUT2D eigenvalue weighted by Gasteiger charge is 2.24. The second kappa shape index (κ2) is 6.90. The summed E-state index contributed by atoms with van der Waals surface area (Å²) in [5.74, 6) is 0.297. The molecule has 0 spiro atoms. The number of hydrogen-bond acceptors (Lipinski definition) is 3. The highest BCUT2D eigenvalue weighted by atomic mass is 32.1. The minimum atomic E-state index is 0.297. The van der Waals surface area contributed by atoms with Crippen LogP contribution in [0.4, 0.5) is 0 Å². The lowest BCUT2D eigenvalue weighted by molar-refractivity contribution is -0.133. The molecule has 1 aliphatic rings. The molecule has 0 bridgehead atoms. The molecule has 1 N–H and O–H groups in total. The van der Waals surface area contributed by atoms with Crippen LogP contribution in [0.2, 0.25) is 0 Å². The van der Waals surface area contributed by atoms with Crippen LogP contribution in [0.25, 0.3) is 0 Å². The molecule has 2 heterocycles. The van der Waals surface area contributed by atoms with Gasteiger partial charge in [0.1, 0.15) is 0 Å². The Kier molecular flexibility index (Phi) is 5.20. The first kappa shape index (κ1) is 13.6. The standard InChI is InChI=1S/C14H22N2OS/c1-2-9-16(12-5-7-15-8-6-12)14(17)11-13-4-3-10-18-13/h3-4,10,12,15H,2,5-9,11H2,1H3. The molecule has 1 fully saturated rings. The van der Waals surface area contributed by atoms with Crippen LogP contribution in [-0.2, 0) is 11.2 Å². The van der Waals surface area contributed by atoms with Crippen LogP contribution < -0.4 is 5.32 Å². The lowest BCUT2D eigenvalue weighted by Gasteiger charge is -2.34. The van der Waals surface area contributed by atoms with E-state index in [9.17, 15) is 4.79 Å². The Morgan fingerprint density at radius 2 is 2.28 bits per heavy atom. The molecule has 0 aromatic carbocycles. The zero-order valence-electron chi connectivity index (χ0n) is 11.0. The third-order valence-corrected chi connectivity index (χ3v) is 4.32. The van der Waals surface area contributed by atoms with Gasteiger partial charge in [0.2, 0.25) is 5.91 Å². The van der Waals surface area contributed by atoms with Crippen molar-refractivity contribution >= 4 is 17.2 Å². The topological polar surface area (TPSA) is 32.3 Å². The summed E-state index contributed by atoms with van der Waals surface area (Å²) in [6.45, 7) is 5.12. The monoisotopic (exact) mass is 266 g/mol. The summed E-state index contributed by atoms with van der Waals surface area (Å²) in [7, 11) is 0. The van der Waals surface area contributed by atoms with Gasteiger partial charge in [0.15, 0.2) is 0 Å². The average Bonchev–Trinajstić information content (AvgIpc) is 2.89. The van der Waals surface area contributed by atoms with E-state index in [0.29, 0.717) is 18.4 Å². The van der Waals surface area contributed by atoms with E-state index in [-0.39, 0.29) is 0 Å². The van der Waals surface area contributed by atoms with E-state index in [2.05, 4.69) is 23.2 Å². The summed E-state index contributed by atoms with van der Waals surface area (Å²) in [6.07, 6.45) is 3.80. The highest BCUT2D eigenvalue weighted by Crippen LogP contribution is 2.16. The van der Waals surface area contributed by atoms with Crippen LogP contribution in [0.15, 0.2) is 17.5 Å². The molecule has 3 nitrogen and oxygen atoms in total. The molecule has 18 heavy (non-hydrogen) atoms. The molecule has 0 unspecified atom stereocenters. The molecular formula is C14H22N2OS. The Bertz CT molecular complexity index is 358. The molecule has 4 heteroatoms. The fourth-order valence-corrected chi connectivity index (χ4v) is 3.23. The Labute approximate surface area is 113 Å². The Morgan fingerprint density at radius 1 is 1.50 bits per heavy atom. The smallest absolute Gasteiger partial charge is 0.228 e. The Hall–Kier alpha value is -0.870. The number of nitrogens with one attached hydrogen (secondary N) is 1. The summed E-state index contributed by atoms with van der Waals surface area (Å²) >= 11 is 1.67. The molecule has 1 amide bonds. The van der Waals surface area contributed by atoms with Crippen molar-refractivity contribution in [2.75, 3.05) is 19.6 Å². The van der Waals surface area contributed by atoms with Gasteiger partial charge < -0.3 is 10.2 Å². The van der Waals surface area contributed by atoms with Crippen molar-refractivity contribution in [3.63, 3.8) is 0 Å². The van der Waals surface area contributed by atoms with Crippen molar-refractivity contribution in [2.45, 2.75) is 38.6 Å². The molecule has 1 aromatic heterocycles. The molecule has 100 valence electrons. The predicted octanol–water partition coefficient (Wildman–Crippen LogP) is 2.28. The number of piperidine rings is 1. The number of amides is 1. The molecule has 1 aliphatic heterocycles. The molecule has 0 saturated carbocycles. The maximum absolute atomic E-state index is 12.4. The predicted molar refractivity (Wildman–Crippen MR) is 75.9 cm³/mol. The molecule has 2 rings (SSSR count). The number of thiophene rings is 1. The number of carbonyl (C=O) groups excluding carboxylic acids is 1. The van der Waals surface area contributed by atoms with Crippen molar-refractivity contribution < 1.29 is 4.79 Å². The van der Waals surface area contributed by atoms with Crippen molar-refractivity contribution in [2.24, 2.45) is 0 Å². The second-order valence-corrected chi connectivity index (χ2v) is 5.86. The van der Waals surface area contributed by atoms with Gasteiger partial charge in [-0.05, 0) is 43.8 Å². The van der Waals surface area contributed by atoms with Crippen molar-refractivity contribution in [1.82, 2.24) is 10.2 Å². The van der Waals surface area contributed by atoms with Gasteiger partial charge in [-0.3, -0.25) is 4.79 Å². The first-order chi connectivity index (χ1) is 8.81. The molecule has 1 aromatic rings. The summed E-state index contributed by atoms with van der Waals surface area (Å²) in [5.41, 5.74) is 0. The summed E-state index contributed by atoms with van der Waals surface area (Å²) in [6, 6.07) is 4.51. The third-order valence-electron chi connectivity index (χ3n) is 3.44. The fourth-order valence-electron chi connectivity index (χ4n) is 2.53. The van der Waals surface area contributed by atoms with Gasteiger partial charge in [-0.25, -0.2) is 0 Å². The highest BCUT2D eigenvalue weighted by molar-refractivity contribution is 7.10. The lowest BCUT2D eigenvalue weighted by Crippen LogP contribution is -2.47. The minimum absolute atomic E-state index is 0.297. The number of rotatable bonds is 5. The lowest BCUT2D eigenvalue weighted by atomic mass is 10.0. The van der Waals surface area contributed by atoms with Gasteiger partial charge in [-0.2, -0.15) is 0 Å². The molecule has 0 aliphatic carbocycles. The van der Waals surface area contributed by atoms with E-state index in [1.165, 1.54) is 4.88 Å². The van der Waals surface area contributed by atoms with Crippen LogP contribution in [0.5, 0.6) is 0 Å². The van der Waals surface area contributed by atoms with Gasteiger partial charge in [0.05, 0.1) is 6.42 Å². The van der Waals surface area contributed by atoms with E-state index in [1.54, 1.807) is 11.3 Å². The average molecular weight is 266 g/mol. The van der Waals surface area contributed by atoms with E-state index >= 15 is 0 Å². The van der Waals surface area contributed by atoms with Crippen LogP contribution >= 0.6 is 11.3 Å². The van der Waals surface area contributed by atoms with Gasteiger partial charge in [0, 0.05) is 17.5 Å². The molecule has 0 radical (unpaired) electrons. The third kappa shape index (κ3) is 3.56. The van der Waals surface area contributed by atoms with Crippen molar-refractivity contribution in [3.05, 3.63) is 22.4 Å². The van der Waals surface area contributed by atoms with Gasteiger partial charge >= 0.3 is 0 Å². The minimum Gasteiger partial charge on any atom is -0.339 e. The van der Waals surface area contributed by atoms with Crippen molar-refractivity contribution in [1.29, 1.82) is 0 Å². The van der Waals surface area contributed by atoms with E-state index < -0.39 is 0 Å². The van der Waals surface area contributed by atoms with Crippen LogP contribution in [0.1, 0.15) is 31.1 Å². The first-order valence-electron chi connectivity index (χ1n) is 6.84. The molecule has 0 atom stereocenters. The van der Waals surface area contributed by atoms with Crippen LogP contribution in [-0.4, -0.2) is 36.5 Å². The molecular weight excluding hydrogens is 244 g/mol. The van der Waals surface area contributed by atoms with Crippen molar-refractivity contribution in [3.8, 4) is 0 Å². The normalized spacial score (nSPS) is 16.7. The van der Waals surface area contributed by atoms with Gasteiger partial charge in [-0.15, -0.1) is 11.3 Å². The fraction of sp³-hybridized carbons (Fsp3) is 0.643. The van der Waals surface area contributed by atoms with E-state index in [1.807, 2.05) is 11.4 Å². The SMILES string of the molecule is CCCN(C(=O)Cc1cccs1)C1CCNCC1. The summed E-state index contributed by atoms with van der Waals surface area (Å²) in [5, 5.41) is 5.40. The van der Waals surface area contributed by atoms with Crippen LogP contribution in [0.3, 0.4) is 0 Å². The number of hydrogen-bond donors (Lipinski definition) is 1. The number of nitrogens with zero attached hydrogens (tertiary/aromatic N) is 1. The first-order valence-corrected chi connectivity index (χ1v) is 7.71. The summed E-state index contributed by atoms with van der Waals surface area (Å²) in [4.78, 5) is 15.7. The van der Waals surface area contributed by atoms with Gasteiger partial charge in [0.25, 0.3) is 0 Å². The zero-order chi connectivity index (χ0) is 12.8. The molecule has 1 saturated heterocycles. The second-order valence-electron chi connectivity index (χ2n) is 4.82. The number of carbonyl (C=O) groups is 1. The van der Waals surface area contributed by atoms with Crippen LogP contribution in [0, 0.1) is 0 Å². The zero-order valence-corrected chi connectivity index (χ0v) is 11.8. The maximum Gasteiger partial charge on any atom is 0.228 e. The quantitative estimate of drug-likeness (QED) is 0.887. The Morgan fingerprint density at radius 3 is 2.89 bits per heavy atom. The van der Waals surface area contributed by atoms with E-state index in [0.717, 1.165) is 38.9 Å².